The highest BCUT2D eigenvalue weighted by atomic mass is 19.4. The fourth-order valence-corrected chi connectivity index (χ4v) is 1.43. The van der Waals surface area contributed by atoms with Crippen molar-refractivity contribution in [2.24, 2.45) is 5.84 Å². The van der Waals surface area contributed by atoms with Crippen LogP contribution in [0.15, 0.2) is 30.3 Å². The molecule has 0 fully saturated rings. The lowest BCUT2D eigenvalue weighted by Gasteiger charge is -2.10. The first-order valence-corrected chi connectivity index (χ1v) is 5.35. The van der Waals surface area contributed by atoms with Crippen molar-refractivity contribution in [2.45, 2.75) is 6.18 Å². The first-order chi connectivity index (χ1) is 9.38. The summed E-state index contributed by atoms with van der Waals surface area (Å²) in [5.41, 5.74) is 6.82. The van der Waals surface area contributed by atoms with Gasteiger partial charge in [-0.2, -0.15) is 23.1 Å². The highest BCUT2D eigenvalue weighted by Gasteiger charge is 2.30. The number of nitrogens with zero attached hydrogens (tertiary/aromatic N) is 2. The maximum absolute atomic E-state index is 12.6. The maximum Gasteiger partial charge on any atom is 0.416 e. The number of halogens is 3. The summed E-state index contributed by atoms with van der Waals surface area (Å²) in [6.07, 6.45) is -4.45. The Bertz CT molecular complexity index is 617. The van der Waals surface area contributed by atoms with Crippen molar-refractivity contribution in [2.75, 3.05) is 11.2 Å². The predicted molar refractivity (Wildman–Crippen MR) is 65.8 cm³/mol. The van der Waals surface area contributed by atoms with Crippen molar-refractivity contribution in [3.63, 3.8) is 0 Å². The van der Waals surface area contributed by atoms with Crippen LogP contribution in [0.25, 0.3) is 0 Å². The number of alkyl halides is 3. The molecule has 5 N–H and O–H groups in total. The molecule has 0 bridgehead atoms. The Hall–Kier alpha value is -2.55. The van der Waals surface area contributed by atoms with Gasteiger partial charge in [0.25, 0.3) is 0 Å². The lowest BCUT2D eigenvalue weighted by Crippen LogP contribution is -2.10. The minimum Gasteiger partial charge on any atom is -0.439 e. The Morgan fingerprint density at radius 1 is 1.15 bits per heavy atom. The van der Waals surface area contributed by atoms with Crippen molar-refractivity contribution in [3.8, 4) is 11.6 Å². The molecule has 0 aliphatic heterocycles. The van der Waals surface area contributed by atoms with Gasteiger partial charge in [-0.05, 0) is 18.2 Å². The molecule has 20 heavy (non-hydrogen) atoms. The van der Waals surface area contributed by atoms with Gasteiger partial charge in [-0.3, -0.25) is 0 Å². The molecular weight excluding hydrogens is 275 g/mol. The number of ether oxygens (including phenoxy) is 1. The summed E-state index contributed by atoms with van der Waals surface area (Å²) in [7, 11) is 0. The Morgan fingerprint density at radius 2 is 1.90 bits per heavy atom. The third-order valence-electron chi connectivity index (χ3n) is 2.25. The summed E-state index contributed by atoms with van der Waals surface area (Å²) in [5, 5.41) is 0. The van der Waals surface area contributed by atoms with Crippen LogP contribution in [0, 0.1) is 0 Å². The zero-order valence-corrected chi connectivity index (χ0v) is 9.98. The van der Waals surface area contributed by atoms with Crippen LogP contribution in [-0.2, 0) is 6.18 Å². The van der Waals surface area contributed by atoms with Gasteiger partial charge < -0.3 is 15.9 Å². The van der Waals surface area contributed by atoms with Gasteiger partial charge in [0.05, 0.1) is 5.56 Å². The molecule has 0 spiro atoms. The first kappa shape index (κ1) is 13.9. The zero-order valence-electron chi connectivity index (χ0n) is 9.98. The fourth-order valence-electron chi connectivity index (χ4n) is 1.43. The first-order valence-electron chi connectivity index (χ1n) is 5.35. The van der Waals surface area contributed by atoms with E-state index in [4.69, 9.17) is 16.3 Å². The normalized spacial score (nSPS) is 11.2. The number of anilines is 2. The monoisotopic (exact) mass is 285 g/mol. The third-order valence-corrected chi connectivity index (χ3v) is 2.25. The molecule has 2 rings (SSSR count). The summed E-state index contributed by atoms with van der Waals surface area (Å²) >= 11 is 0. The Balaban J connectivity index is 2.28. The van der Waals surface area contributed by atoms with Gasteiger partial charge in [0.1, 0.15) is 11.6 Å². The second-order valence-corrected chi connectivity index (χ2v) is 3.72. The fraction of sp³-hybridized carbons (Fsp3) is 0.0909. The van der Waals surface area contributed by atoms with Crippen LogP contribution >= 0.6 is 0 Å². The molecular formula is C11H10F3N5O. The molecule has 1 aromatic carbocycles. The van der Waals surface area contributed by atoms with Crippen molar-refractivity contribution < 1.29 is 17.9 Å². The molecule has 0 radical (unpaired) electrons. The largest absolute Gasteiger partial charge is 0.439 e. The van der Waals surface area contributed by atoms with Crippen LogP contribution in [0.2, 0.25) is 0 Å². The number of aromatic nitrogens is 2. The SMILES string of the molecule is NNc1cc(Oc2cccc(C(F)(F)F)c2)nc(N)n1. The van der Waals surface area contributed by atoms with Gasteiger partial charge in [0, 0.05) is 6.07 Å². The van der Waals surface area contributed by atoms with Crippen LogP contribution in [0.4, 0.5) is 24.9 Å². The molecule has 0 aliphatic carbocycles. The van der Waals surface area contributed by atoms with E-state index in [-0.39, 0.29) is 23.4 Å². The Morgan fingerprint density at radius 3 is 2.55 bits per heavy atom. The van der Waals surface area contributed by atoms with Gasteiger partial charge in [0.15, 0.2) is 0 Å². The lowest BCUT2D eigenvalue weighted by atomic mass is 10.2. The van der Waals surface area contributed by atoms with E-state index in [0.29, 0.717) is 0 Å². The van der Waals surface area contributed by atoms with Gasteiger partial charge in [0.2, 0.25) is 11.8 Å². The second-order valence-electron chi connectivity index (χ2n) is 3.72. The smallest absolute Gasteiger partial charge is 0.416 e. The molecule has 106 valence electrons. The summed E-state index contributed by atoms with van der Waals surface area (Å²) in [6.45, 7) is 0. The molecule has 0 unspecified atom stereocenters. The Labute approximate surface area is 111 Å². The number of hydrogen-bond donors (Lipinski definition) is 3. The topological polar surface area (TPSA) is 99.1 Å². The second kappa shape index (κ2) is 5.21. The predicted octanol–water partition coefficient (Wildman–Crippen LogP) is 2.16. The van der Waals surface area contributed by atoms with E-state index >= 15 is 0 Å². The number of nitrogen functional groups attached to an aromatic ring is 2. The van der Waals surface area contributed by atoms with Crippen molar-refractivity contribution in [1.29, 1.82) is 0 Å². The van der Waals surface area contributed by atoms with Crippen LogP contribution in [0.5, 0.6) is 11.6 Å². The summed E-state index contributed by atoms with van der Waals surface area (Å²) in [5.74, 6) is 5.17. The van der Waals surface area contributed by atoms with Crippen LogP contribution in [0.1, 0.15) is 5.56 Å². The average Bonchev–Trinajstić information content (AvgIpc) is 2.37. The third kappa shape index (κ3) is 3.26. The van der Waals surface area contributed by atoms with Gasteiger partial charge in [-0.1, -0.05) is 6.07 Å². The molecule has 1 aromatic heterocycles. The van der Waals surface area contributed by atoms with E-state index in [9.17, 15) is 13.2 Å². The molecule has 0 saturated carbocycles. The van der Waals surface area contributed by atoms with Crippen LogP contribution < -0.4 is 21.7 Å². The number of hydrogen-bond acceptors (Lipinski definition) is 6. The Kier molecular flexibility index (Phi) is 3.61. The molecule has 0 amide bonds. The molecule has 9 heteroatoms. The number of hydrazine groups is 1. The van der Waals surface area contributed by atoms with Crippen molar-refractivity contribution in [3.05, 3.63) is 35.9 Å². The molecule has 2 aromatic rings. The highest BCUT2D eigenvalue weighted by Crippen LogP contribution is 2.32. The van der Waals surface area contributed by atoms with Crippen LogP contribution in [0.3, 0.4) is 0 Å². The van der Waals surface area contributed by atoms with Gasteiger partial charge in [-0.15, -0.1) is 0 Å². The van der Waals surface area contributed by atoms with Crippen LogP contribution in [-0.4, -0.2) is 9.97 Å². The molecule has 0 aliphatic rings. The van der Waals surface area contributed by atoms with Gasteiger partial charge in [-0.25, -0.2) is 5.84 Å². The molecule has 0 atom stereocenters. The summed E-state index contributed by atoms with van der Waals surface area (Å²) in [4.78, 5) is 7.46. The van der Waals surface area contributed by atoms with E-state index < -0.39 is 11.7 Å². The summed E-state index contributed by atoms with van der Waals surface area (Å²) in [6, 6.07) is 5.69. The van der Waals surface area contributed by atoms with E-state index in [1.165, 1.54) is 18.2 Å². The number of rotatable bonds is 3. The maximum atomic E-state index is 12.6. The van der Waals surface area contributed by atoms with Crippen molar-refractivity contribution >= 4 is 11.8 Å². The van der Waals surface area contributed by atoms with E-state index in [0.717, 1.165) is 12.1 Å². The quantitative estimate of drug-likeness (QED) is 0.590. The molecule has 6 nitrogen and oxygen atoms in total. The van der Waals surface area contributed by atoms with Crippen molar-refractivity contribution in [1.82, 2.24) is 9.97 Å². The number of nitrogens with one attached hydrogen (secondary N) is 1. The zero-order chi connectivity index (χ0) is 14.8. The van der Waals surface area contributed by atoms with Gasteiger partial charge >= 0.3 is 6.18 Å². The van der Waals surface area contributed by atoms with E-state index in [2.05, 4.69) is 15.4 Å². The minimum atomic E-state index is -4.45. The standard InChI is InChI=1S/C11H10F3N5O/c12-11(13,14)6-2-1-3-7(4-6)20-9-5-8(19-16)17-10(15)18-9/h1-5H,16H2,(H3,15,17,18,19). The lowest BCUT2D eigenvalue weighted by molar-refractivity contribution is -0.137. The highest BCUT2D eigenvalue weighted by molar-refractivity contribution is 5.43. The average molecular weight is 285 g/mol. The molecule has 1 heterocycles. The van der Waals surface area contributed by atoms with E-state index in [1.54, 1.807) is 0 Å². The van der Waals surface area contributed by atoms with E-state index in [1.807, 2.05) is 0 Å². The molecule has 0 saturated heterocycles. The minimum absolute atomic E-state index is 0.0234. The summed E-state index contributed by atoms with van der Waals surface area (Å²) < 4.78 is 42.9. The number of nitrogens with two attached hydrogens (primary N) is 2. The number of benzene rings is 1.